The summed E-state index contributed by atoms with van der Waals surface area (Å²) in [6.45, 7) is 2.62. The van der Waals surface area contributed by atoms with Crippen LogP contribution in [0.3, 0.4) is 0 Å². The second kappa shape index (κ2) is 4.90. The zero-order chi connectivity index (χ0) is 11.5. The zero-order valence-corrected chi connectivity index (χ0v) is 9.30. The second-order valence-corrected chi connectivity index (χ2v) is 3.99. The summed E-state index contributed by atoms with van der Waals surface area (Å²) in [6.07, 6.45) is 1.97. The molecule has 90 valence electrons. The smallest absolute Gasteiger partial charge is 0.232 e. The lowest BCUT2D eigenvalue weighted by Gasteiger charge is -2.11. The van der Waals surface area contributed by atoms with Crippen molar-refractivity contribution in [2.45, 2.75) is 37.8 Å². The van der Waals surface area contributed by atoms with E-state index in [2.05, 4.69) is 17.1 Å². The third-order valence-electron chi connectivity index (χ3n) is 2.91. The Morgan fingerprint density at radius 1 is 1.62 bits per heavy atom. The lowest BCUT2D eigenvalue weighted by Crippen LogP contribution is -2.17. The van der Waals surface area contributed by atoms with Crippen LogP contribution in [0, 0.1) is 0 Å². The summed E-state index contributed by atoms with van der Waals surface area (Å²) in [5.74, 6) is 1.10. The van der Waals surface area contributed by atoms with E-state index in [1.54, 1.807) is 0 Å². The van der Waals surface area contributed by atoms with Gasteiger partial charge in [-0.05, 0) is 12.8 Å². The molecule has 6 nitrogen and oxygen atoms in total. The third-order valence-corrected chi connectivity index (χ3v) is 2.91. The van der Waals surface area contributed by atoms with Crippen LogP contribution in [0.2, 0.25) is 0 Å². The molecule has 0 aromatic carbocycles. The molecule has 0 spiro atoms. The minimum Gasteiger partial charge on any atom is -0.394 e. The van der Waals surface area contributed by atoms with Crippen molar-refractivity contribution in [3.63, 3.8) is 0 Å². The van der Waals surface area contributed by atoms with Gasteiger partial charge in [0.2, 0.25) is 5.89 Å². The summed E-state index contributed by atoms with van der Waals surface area (Å²) in [5.41, 5.74) is 5.61. The molecular weight excluding hydrogens is 210 g/mol. The van der Waals surface area contributed by atoms with Gasteiger partial charge in [-0.2, -0.15) is 4.98 Å². The first kappa shape index (κ1) is 11.5. The van der Waals surface area contributed by atoms with Crippen LogP contribution in [0.5, 0.6) is 0 Å². The molecule has 0 bridgehead atoms. The SMILES string of the molecule is CCC1OCCC1c1nc(C(N)CO)no1. The Bertz CT molecular complexity index is 342. The molecular formula is C10H17N3O3. The number of nitrogens with zero attached hydrogens (tertiary/aromatic N) is 2. The van der Waals surface area contributed by atoms with Gasteiger partial charge in [0.15, 0.2) is 5.82 Å². The second-order valence-electron chi connectivity index (χ2n) is 3.99. The maximum Gasteiger partial charge on any atom is 0.232 e. The zero-order valence-electron chi connectivity index (χ0n) is 9.30. The van der Waals surface area contributed by atoms with E-state index >= 15 is 0 Å². The number of hydrogen-bond acceptors (Lipinski definition) is 6. The first-order valence-corrected chi connectivity index (χ1v) is 5.57. The quantitative estimate of drug-likeness (QED) is 0.770. The normalized spacial score (nSPS) is 27.2. The molecule has 2 heterocycles. The molecule has 1 aromatic rings. The summed E-state index contributed by atoms with van der Waals surface area (Å²) in [4.78, 5) is 4.22. The maximum atomic E-state index is 8.89. The molecule has 1 saturated heterocycles. The predicted molar refractivity (Wildman–Crippen MR) is 55.7 cm³/mol. The Morgan fingerprint density at radius 2 is 2.44 bits per heavy atom. The van der Waals surface area contributed by atoms with Crippen molar-refractivity contribution in [2.75, 3.05) is 13.2 Å². The van der Waals surface area contributed by atoms with Gasteiger partial charge in [-0.15, -0.1) is 0 Å². The van der Waals surface area contributed by atoms with E-state index in [0.717, 1.165) is 19.4 Å². The lowest BCUT2D eigenvalue weighted by atomic mass is 10.00. The summed E-state index contributed by atoms with van der Waals surface area (Å²) < 4.78 is 10.7. The van der Waals surface area contributed by atoms with Crippen molar-refractivity contribution >= 4 is 0 Å². The van der Waals surface area contributed by atoms with Crippen LogP contribution >= 0.6 is 0 Å². The Morgan fingerprint density at radius 3 is 3.12 bits per heavy atom. The van der Waals surface area contributed by atoms with Crippen molar-refractivity contribution in [2.24, 2.45) is 5.73 Å². The minimum atomic E-state index is -0.570. The van der Waals surface area contributed by atoms with Gasteiger partial charge >= 0.3 is 0 Å². The molecule has 0 amide bonds. The fourth-order valence-electron chi connectivity index (χ4n) is 1.96. The van der Waals surface area contributed by atoms with E-state index in [1.165, 1.54) is 0 Å². The van der Waals surface area contributed by atoms with E-state index in [9.17, 15) is 0 Å². The van der Waals surface area contributed by atoms with Gasteiger partial charge < -0.3 is 20.1 Å². The molecule has 1 aliphatic heterocycles. The highest BCUT2D eigenvalue weighted by atomic mass is 16.5. The highest BCUT2D eigenvalue weighted by Crippen LogP contribution is 2.32. The standard InChI is InChI=1S/C10H17N3O3/c1-2-8-6(3-4-15-8)10-12-9(13-16-10)7(11)5-14/h6-8,14H,2-5,11H2,1H3. The van der Waals surface area contributed by atoms with Gasteiger partial charge in [0.25, 0.3) is 0 Å². The van der Waals surface area contributed by atoms with E-state index in [-0.39, 0.29) is 18.6 Å². The molecule has 1 aliphatic rings. The van der Waals surface area contributed by atoms with E-state index < -0.39 is 6.04 Å². The molecule has 16 heavy (non-hydrogen) atoms. The minimum absolute atomic E-state index is 0.152. The van der Waals surface area contributed by atoms with Crippen molar-refractivity contribution in [3.8, 4) is 0 Å². The van der Waals surface area contributed by atoms with Crippen LogP contribution < -0.4 is 5.73 Å². The van der Waals surface area contributed by atoms with Crippen molar-refractivity contribution in [3.05, 3.63) is 11.7 Å². The number of aromatic nitrogens is 2. The molecule has 6 heteroatoms. The Kier molecular flexibility index (Phi) is 3.52. The summed E-state index contributed by atoms with van der Waals surface area (Å²) >= 11 is 0. The Labute approximate surface area is 93.8 Å². The molecule has 3 N–H and O–H groups in total. The van der Waals surface area contributed by atoms with Crippen molar-refractivity contribution in [1.82, 2.24) is 10.1 Å². The summed E-state index contributed by atoms with van der Waals surface area (Å²) in [6, 6.07) is -0.570. The van der Waals surface area contributed by atoms with Crippen LogP contribution in [-0.2, 0) is 4.74 Å². The van der Waals surface area contributed by atoms with Gasteiger partial charge in [-0.1, -0.05) is 12.1 Å². The molecule has 0 saturated carbocycles. The maximum absolute atomic E-state index is 8.89. The van der Waals surface area contributed by atoms with Gasteiger partial charge in [0.05, 0.1) is 24.7 Å². The van der Waals surface area contributed by atoms with Crippen LogP contribution in [-0.4, -0.2) is 34.6 Å². The Hall–Kier alpha value is -0.980. The highest BCUT2D eigenvalue weighted by Gasteiger charge is 2.33. The lowest BCUT2D eigenvalue weighted by molar-refractivity contribution is 0.0953. The van der Waals surface area contributed by atoms with Gasteiger partial charge in [0.1, 0.15) is 0 Å². The predicted octanol–water partition coefficient (Wildman–Crippen LogP) is 0.344. The molecule has 1 aromatic heterocycles. The molecule has 0 radical (unpaired) electrons. The third kappa shape index (κ3) is 2.09. The number of ether oxygens (including phenoxy) is 1. The van der Waals surface area contributed by atoms with E-state index in [0.29, 0.717) is 11.7 Å². The number of rotatable bonds is 4. The molecule has 3 atom stereocenters. The van der Waals surface area contributed by atoms with Gasteiger partial charge in [-0.25, -0.2) is 0 Å². The van der Waals surface area contributed by atoms with Crippen LogP contribution in [0.25, 0.3) is 0 Å². The molecule has 3 unspecified atom stereocenters. The van der Waals surface area contributed by atoms with Crippen LogP contribution in [0.4, 0.5) is 0 Å². The molecule has 0 aliphatic carbocycles. The van der Waals surface area contributed by atoms with Crippen molar-refractivity contribution in [1.29, 1.82) is 0 Å². The highest BCUT2D eigenvalue weighted by molar-refractivity contribution is 5.02. The number of hydrogen-bond donors (Lipinski definition) is 2. The number of aliphatic hydroxyl groups is 1. The first-order chi connectivity index (χ1) is 7.76. The van der Waals surface area contributed by atoms with E-state index in [4.69, 9.17) is 20.1 Å². The van der Waals surface area contributed by atoms with Gasteiger partial charge in [0, 0.05) is 6.61 Å². The number of nitrogens with two attached hydrogens (primary N) is 1. The summed E-state index contributed by atoms with van der Waals surface area (Å²) in [5, 5.41) is 12.7. The van der Waals surface area contributed by atoms with Crippen LogP contribution in [0.1, 0.15) is 43.4 Å². The fourth-order valence-corrected chi connectivity index (χ4v) is 1.96. The van der Waals surface area contributed by atoms with E-state index in [1.807, 2.05) is 0 Å². The molecule has 2 rings (SSSR count). The number of aliphatic hydroxyl groups excluding tert-OH is 1. The van der Waals surface area contributed by atoms with Crippen LogP contribution in [0.15, 0.2) is 4.52 Å². The summed E-state index contributed by atoms with van der Waals surface area (Å²) in [7, 11) is 0. The molecule has 1 fully saturated rings. The van der Waals surface area contributed by atoms with Gasteiger partial charge in [-0.3, -0.25) is 0 Å². The van der Waals surface area contributed by atoms with Crippen molar-refractivity contribution < 1.29 is 14.4 Å². The topological polar surface area (TPSA) is 94.4 Å². The average Bonchev–Trinajstić information content (AvgIpc) is 2.95. The monoisotopic (exact) mass is 227 g/mol. The fraction of sp³-hybridized carbons (Fsp3) is 0.800. The first-order valence-electron chi connectivity index (χ1n) is 5.57. The average molecular weight is 227 g/mol. The Balaban J connectivity index is 2.12. The largest absolute Gasteiger partial charge is 0.394 e.